The maximum absolute atomic E-state index is 15.6. The molecule has 3 N–H and O–H groups in total. The number of aromatic nitrogens is 2. The topological polar surface area (TPSA) is 149 Å². The van der Waals surface area contributed by atoms with E-state index in [-0.39, 0.29) is 16.1 Å². The van der Waals surface area contributed by atoms with Crippen molar-refractivity contribution in [1.82, 2.24) is 14.6 Å². The van der Waals surface area contributed by atoms with Crippen molar-refractivity contribution in [1.29, 1.82) is 0 Å². The number of rotatable bonds is 11. The predicted octanol–water partition coefficient (Wildman–Crippen LogP) is 3.25. The van der Waals surface area contributed by atoms with Crippen LogP contribution in [0.1, 0.15) is 58.2 Å². The summed E-state index contributed by atoms with van der Waals surface area (Å²) in [4.78, 5) is 38.2. The molecule has 1 unspecified atom stereocenters. The van der Waals surface area contributed by atoms with Crippen LogP contribution >= 0.6 is 19.5 Å². The molecule has 2 aromatic rings. The first-order chi connectivity index (χ1) is 18.3. The molecular weight excluding hydrogens is 552 g/mol. The molecule has 1 aliphatic carbocycles. The highest BCUT2D eigenvalue weighted by atomic mass is 32.2. The standard InChI is InChI=1S/C25H33FN3O8PS/c1-14(2)39-22(32)15(3)28-38(34,37-18-9-7-17(8-10-18)16-5-6-16)35-13-19-21(31)25(4,26)23(36-19)29-12-11-20(30)27-24(29)33/h7-12,14-16,19,21,23,31H,5-6,13H2,1-4H3,(H,28,34)(H,27,30,33)/t15-,19+,21+,23+,25+,38?/m0/s1. The third-order valence-corrected chi connectivity index (χ3v) is 9.14. The van der Waals surface area contributed by atoms with Crippen molar-refractivity contribution < 1.29 is 32.6 Å². The third-order valence-electron chi connectivity index (χ3n) is 6.44. The number of aromatic amines is 1. The summed E-state index contributed by atoms with van der Waals surface area (Å²) >= 11 is 1.06. The highest BCUT2D eigenvalue weighted by Crippen LogP contribution is 2.48. The van der Waals surface area contributed by atoms with Gasteiger partial charge >= 0.3 is 13.4 Å². The zero-order valence-electron chi connectivity index (χ0n) is 22.0. The minimum absolute atomic E-state index is 0.00419. The molecule has 0 amide bonds. The Morgan fingerprint density at radius 3 is 2.54 bits per heavy atom. The van der Waals surface area contributed by atoms with E-state index < -0.39 is 55.7 Å². The number of H-pyrrole nitrogens is 1. The Bertz CT molecular complexity index is 1340. The number of carbonyl (C=O) groups is 1. The van der Waals surface area contributed by atoms with Crippen LogP contribution in [0.4, 0.5) is 4.39 Å². The lowest BCUT2D eigenvalue weighted by Gasteiger charge is -2.25. The van der Waals surface area contributed by atoms with E-state index in [9.17, 15) is 24.1 Å². The lowest BCUT2D eigenvalue weighted by atomic mass is 9.98. The molecule has 1 saturated heterocycles. The van der Waals surface area contributed by atoms with Gasteiger partial charge in [-0.05, 0) is 50.3 Å². The highest BCUT2D eigenvalue weighted by molar-refractivity contribution is 8.14. The van der Waals surface area contributed by atoms with E-state index in [4.69, 9.17) is 13.8 Å². The Labute approximate surface area is 229 Å². The first kappa shape index (κ1) is 29.7. The van der Waals surface area contributed by atoms with Gasteiger partial charge in [0.05, 0.1) is 12.6 Å². The Kier molecular flexibility index (Phi) is 8.89. The van der Waals surface area contributed by atoms with E-state index >= 15 is 4.39 Å². The van der Waals surface area contributed by atoms with Gasteiger partial charge in [-0.25, -0.2) is 18.8 Å². The molecule has 6 atom stereocenters. The zero-order valence-corrected chi connectivity index (χ0v) is 23.7. The molecule has 0 radical (unpaired) electrons. The van der Waals surface area contributed by atoms with Crippen LogP contribution in [0.3, 0.4) is 0 Å². The number of hydrogen-bond donors (Lipinski definition) is 3. The molecule has 1 aliphatic heterocycles. The van der Waals surface area contributed by atoms with Crippen molar-refractivity contribution in [3.05, 3.63) is 62.9 Å². The van der Waals surface area contributed by atoms with Crippen molar-refractivity contribution in [2.75, 3.05) is 6.61 Å². The fourth-order valence-electron chi connectivity index (χ4n) is 4.20. The molecule has 214 valence electrons. The van der Waals surface area contributed by atoms with Crippen LogP contribution in [-0.2, 0) is 18.6 Å². The van der Waals surface area contributed by atoms with E-state index in [2.05, 4.69) is 5.09 Å². The van der Waals surface area contributed by atoms with Gasteiger partial charge in [0.1, 0.15) is 18.0 Å². The monoisotopic (exact) mass is 585 g/mol. The maximum atomic E-state index is 15.6. The molecule has 0 spiro atoms. The minimum Gasteiger partial charge on any atom is -0.413 e. The SMILES string of the molecule is CC(C)SC(=O)[C@H](C)NP(=O)(OC[C@H]1O[C@@H](n2ccc(=O)[nH]c2=O)[C@](C)(F)[C@@H]1O)Oc1ccc(C2CC2)cc1. The fourth-order valence-corrected chi connectivity index (χ4v) is 6.53. The molecule has 4 rings (SSSR count). The van der Waals surface area contributed by atoms with Crippen LogP contribution in [0.2, 0.25) is 0 Å². The summed E-state index contributed by atoms with van der Waals surface area (Å²) in [6.45, 7) is 5.66. The normalized spacial score (nSPS) is 27.3. The summed E-state index contributed by atoms with van der Waals surface area (Å²) in [6, 6.07) is 7.13. The number of alkyl halides is 1. The van der Waals surface area contributed by atoms with E-state index in [1.165, 1.54) is 6.92 Å². The van der Waals surface area contributed by atoms with E-state index in [0.29, 0.717) is 5.92 Å². The number of halogens is 1. The second-order valence-electron chi connectivity index (χ2n) is 10.2. The predicted molar refractivity (Wildman–Crippen MR) is 144 cm³/mol. The van der Waals surface area contributed by atoms with Crippen LogP contribution in [-0.4, -0.2) is 55.5 Å². The number of carbonyl (C=O) groups excluding carboxylic acids is 1. The van der Waals surface area contributed by atoms with Crippen molar-refractivity contribution in [3.63, 3.8) is 0 Å². The average Bonchev–Trinajstić information content (AvgIpc) is 3.67. The number of aliphatic hydroxyl groups is 1. The summed E-state index contributed by atoms with van der Waals surface area (Å²) in [7, 11) is -4.26. The molecular formula is C25H33FN3O8PS. The van der Waals surface area contributed by atoms with Gasteiger partial charge in [-0.15, -0.1) is 0 Å². The quantitative estimate of drug-likeness (QED) is 0.336. The first-order valence-corrected chi connectivity index (χ1v) is 15.1. The Morgan fingerprint density at radius 1 is 1.28 bits per heavy atom. The number of hydrogen-bond acceptors (Lipinski definition) is 9. The lowest BCUT2D eigenvalue weighted by molar-refractivity contribution is -0.112. The Morgan fingerprint density at radius 2 is 1.95 bits per heavy atom. The van der Waals surface area contributed by atoms with Crippen molar-refractivity contribution in [3.8, 4) is 5.75 Å². The van der Waals surface area contributed by atoms with Crippen LogP contribution in [0.25, 0.3) is 0 Å². The van der Waals surface area contributed by atoms with Gasteiger partial charge in [-0.3, -0.25) is 23.7 Å². The molecule has 1 saturated carbocycles. The molecule has 39 heavy (non-hydrogen) atoms. The van der Waals surface area contributed by atoms with Crippen molar-refractivity contribution in [2.24, 2.45) is 0 Å². The molecule has 14 heteroatoms. The first-order valence-electron chi connectivity index (χ1n) is 12.7. The Balaban J connectivity index is 1.52. The van der Waals surface area contributed by atoms with E-state index in [1.54, 1.807) is 12.1 Å². The second kappa shape index (κ2) is 11.7. The summed E-state index contributed by atoms with van der Waals surface area (Å²) in [5.74, 6) is 0.733. The van der Waals surface area contributed by atoms with Gasteiger partial charge in [0.15, 0.2) is 11.9 Å². The number of benzene rings is 1. The molecule has 2 heterocycles. The minimum atomic E-state index is -4.26. The largest absolute Gasteiger partial charge is 0.459 e. The molecule has 2 aliphatic rings. The zero-order chi connectivity index (χ0) is 28.5. The summed E-state index contributed by atoms with van der Waals surface area (Å²) in [5, 5.41) is 13.0. The molecule has 11 nitrogen and oxygen atoms in total. The van der Waals surface area contributed by atoms with Gasteiger partial charge < -0.3 is 14.4 Å². The number of ether oxygens (including phenoxy) is 1. The van der Waals surface area contributed by atoms with Gasteiger partial charge in [0, 0.05) is 17.5 Å². The lowest BCUT2D eigenvalue weighted by Crippen LogP contribution is -2.43. The number of nitrogens with one attached hydrogen (secondary N) is 2. The third kappa shape index (κ3) is 7.08. The van der Waals surface area contributed by atoms with E-state index in [0.717, 1.165) is 53.9 Å². The highest BCUT2D eigenvalue weighted by Gasteiger charge is 2.56. The average molecular weight is 586 g/mol. The fraction of sp³-hybridized carbons (Fsp3) is 0.560. The molecule has 1 aromatic carbocycles. The number of nitrogens with zero attached hydrogens (tertiary/aromatic N) is 1. The summed E-state index contributed by atoms with van der Waals surface area (Å²) < 4.78 is 47.1. The Hall–Kier alpha value is -2.28. The summed E-state index contributed by atoms with van der Waals surface area (Å²) in [5.41, 5.74) is -2.94. The second-order valence-corrected chi connectivity index (χ2v) is 13.5. The van der Waals surface area contributed by atoms with Crippen LogP contribution in [0, 0.1) is 0 Å². The van der Waals surface area contributed by atoms with Gasteiger partial charge in [0.25, 0.3) is 5.56 Å². The molecule has 1 aromatic heterocycles. The molecule has 2 fully saturated rings. The maximum Gasteiger partial charge on any atom is 0.459 e. The van der Waals surface area contributed by atoms with Crippen molar-refractivity contribution in [2.45, 2.75) is 81.9 Å². The van der Waals surface area contributed by atoms with E-state index in [1.807, 2.05) is 31.0 Å². The number of thioether (sulfide) groups is 1. The molecule has 0 bridgehead atoms. The van der Waals surface area contributed by atoms with Gasteiger partial charge in [0.2, 0.25) is 5.12 Å². The number of aliphatic hydroxyl groups excluding tert-OH is 1. The van der Waals surface area contributed by atoms with Gasteiger partial charge in [-0.2, -0.15) is 0 Å². The van der Waals surface area contributed by atoms with Gasteiger partial charge in [-0.1, -0.05) is 37.7 Å². The smallest absolute Gasteiger partial charge is 0.413 e. The van der Waals surface area contributed by atoms with Crippen LogP contribution in [0.5, 0.6) is 5.75 Å². The van der Waals surface area contributed by atoms with Crippen LogP contribution in [0.15, 0.2) is 46.1 Å². The summed E-state index contributed by atoms with van der Waals surface area (Å²) in [6.07, 6.45) is -1.48. The van der Waals surface area contributed by atoms with Crippen LogP contribution < -0.4 is 20.9 Å². The van der Waals surface area contributed by atoms with Crippen molar-refractivity contribution >= 4 is 24.6 Å².